The zero-order valence-electron chi connectivity index (χ0n) is 52.7. The summed E-state index contributed by atoms with van der Waals surface area (Å²) in [7, 11) is 0. The van der Waals surface area contributed by atoms with Crippen LogP contribution in [0, 0.1) is 0 Å². The number of anilines is 2. The van der Waals surface area contributed by atoms with Crippen LogP contribution >= 0.6 is 0 Å². The summed E-state index contributed by atoms with van der Waals surface area (Å²) in [5.74, 6) is -13.3. The molecule has 0 spiro atoms. The molecular formula is C56H88N18O22+2. The molecule has 1 saturated heterocycles. The van der Waals surface area contributed by atoms with Crippen LogP contribution in [0.5, 0.6) is 11.5 Å². The van der Waals surface area contributed by atoms with Crippen molar-refractivity contribution in [1.82, 2.24) is 58.0 Å². The van der Waals surface area contributed by atoms with Gasteiger partial charge in [0.15, 0.2) is 17.5 Å². The zero-order chi connectivity index (χ0) is 71.5. The number of hydroxylamine groups is 4. The summed E-state index contributed by atoms with van der Waals surface area (Å²) in [6, 6.07) is -12.7. The third kappa shape index (κ3) is 23.9. The van der Waals surface area contributed by atoms with Gasteiger partial charge < -0.3 is 99.4 Å². The van der Waals surface area contributed by atoms with Gasteiger partial charge in [-0.3, -0.25) is 89.7 Å². The highest BCUT2D eigenvalue weighted by molar-refractivity contribution is 6.00. The van der Waals surface area contributed by atoms with E-state index in [2.05, 4.69) is 69.2 Å². The summed E-state index contributed by atoms with van der Waals surface area (Å²) in [5, 5.41) is 122. The van der Waals surface area contributed by atoms with Crippen molar-refractivity contribution in [3.8, 4) is 11.5 Å². The van der Waals surface area contributed by atoms with Crippen molar-refractivity contribution < 1.29 is 124 Å². The topological polar surface area (TPSA) is 643 Å². The molecule has 1 fully saturated rings. The third-order valence-electron chi connectivity index (χ3n) is 15.3. The van der Waals surface area contributed by atoms with Crippen molar-refractivity contribution >= 4 is 106 Å². The summed E-state index contributed by atoms with van der Waals surface area (Å²) in [6.45, 7) is -0.846. The zero-order valence-corrected chi connectivity index (χ0v) is 52.7. The number of aromatic hydroxyl groups is 2. The molecule has 2 aliphatic heterocycles. The number of aromatic nitrogens is 1. The van der Waals surface area contributed by atoms with Crippen LogP contribution in [0.1, 0.15) is 96.9 Å². The number of nitrogens with one attached hydrogen (secondary N) is 12. The summed E-state index contributed by atoms with van der Waals surface area (Å²) in [4.78, 5) is 176. The minimum atomic E-state index is -1.96. The summed E-state index contributed by atoms with van der Waals surface area (Å²) in [5.41, 5.74) is 14.7. The van der Waals surface area contributed by atoms with Crippen molar-refractivity contribution in [3.63, 3.8) is 0 Å². The number of carboxylic acid groups (broad SMARTS) is 1. The van der Waals surface area contributed by atoms with Gasteiger partial charge in [-0.05, 0) is 83.8 Å². The molecule has 0 saturated carbocycles. The molecule has 2 aromatic rings. The molecule has 40 nitrogen and oxygen atoms in total. The minimum Gasteiger partial charge on any atom is -0.544 e. The van der Waals surface area contributed by atoms with E-state index in [9.17, 15) is 108 Å². The molecule has 532 valence electrons. The van der Waals surface area contributed by atoms with Gasteiger partial charge in [-0.25, -0.2) is 14.7 Å². The quantitative estimate of drug-likeness (QED) is 0.00461. The van der Waals surface area contributed by atoms with E-state index in [1.54, 1.807) is 0 Å². The van der Waals surface area contributed by atoms with Crippen LogP contribution in [-0.2, 0) is 62.3 Å². The van der Waals surface area contributed by atoms with Gasteiger partial charge in [0, 0.05) is 50.3 Å². The molecular weight excluding hydrogens is 1280 g/mol. The number of carbonyl (C=O) groups excluding carboxylic acids is 13. The molecule has 2 aliphatic rings. The number of rotatable bonds is 33. The predicted octanol–water partition coefficient (Wildman–Crippen LogP) is -12.7. The highest BCUT2D eigenvalue weighted by atomic mass is 16.5. The first-order chi connectivity index (χ1) is 45.4. The maximum Gasteiger partial charge on any atom is 0.338 e. The molecule has 3 heterocycles. The lowest BCUT2D eigenvalue weighted by atomic mass is 10.0. The molecule has 27 N–H and O–H groups in total. The van der Waals surface area contributed by atoms with Crippen molar-refractivity contribution in [3.05, 3.63) is 18.2 Å². The Morgan fingerprint density at radius 2 is 1.27 bits per heavy atom. The number of guanidine groups is 1. The molecule has 12 amide bonds. The number of aliphatic carboxylic acids is 1. The summed E-state index contributed by atoms with van der Waals surface area (Å²) < 4.78 is 1.34. The number of aliphatic hydroxyl groups excluding tert-OH is 4. The van der Waals surface area contributed by atoms with Gasteiger partial charge in [0.1, 0.15) is 65.6 Å². The van der Waals surface area contributed by atoms with Gasteiger partial charge in [-0.15, -0.1) is 0 Å². The Labute approximate surface area is 547 Å². The highest BCUT2D eigenvalue weighted by Crippen LogP contribution is 2.35. The molecule has 4 rings (SSSR count). The van der Waals surface area contributed by atoms with Crippen LogP contribution < -0.4 is 90.4 Å². The number of amides is 12. The van der Waals surface area contributed by atoms with E-state index < -0.39 is 175 Å². The third-order valence-corrected chi connectivity index (χ3v) is 15.3. The van der Waals surface area contributed by atoms with E-state index in [1.165, 1.54) is 17.6 Å². The molecule has 12 atom stereocenters. The summed E-state index contributed by atoms with van der Waals surface area (Å²) >= 11 is 0. The normalized spacial score (nSPS) is 19.9. The predicted molar refractivity (Wildman–Crippen MR) is 325 cm³/mol. The molecule has 0 radical (unpaired) electrons. The SMILES string of the molecule is CC(O)[C@@H]1NC(=O)[C@H](CCCN(O)C=O)NC(=O)[C@@H](NC(=O)[C@H](CCCN(O)C=O)NC(=O)[C@H](CO)NC(=O)[C@H](CCC[NH+]=C(N)N)NC(=O)[C@H](CO)NC(=O)[C@@H]2CCNc3c(NC(=O)CC[C@H]([NH3+])C(=O)[O-])cc4cc(O)c(O)cc4[n+]32)CCCCNC(=O)[C@H](C(C)O)NC1=O. The molecule has 96 heavy (non-hydrogen) atoms. The van der Waals surface area contributed by atoms with E-state index in [0.717, 1.165) is 19.1 Å². The first kappa shape index (κ1) is 78.6. The Hall–Kier alpha value is -9.87. The average molecular weight is 1370 g/mol. The lowest BCUT2D eigenvalue weighted by Gasteiger charge is -2.29. The van der Waals surface area contributed by atoms with Crippen LogP contribution in [0.4, 0.5) is 11.5 Å². The van der Waals surface area contributed by atoms with E-state index in [1.807, 2.05) is 0 Å². The number of benzene rings is 1. The Kier molecular flexibility index (Phi) is 31.5. The first-order valence-electron chi connectivity index (χ1n) is 30.7. The number of carbonyl (C=O) groups is 13. The van der Waals surface area contributed by atoms with Gasteiger partial charge >= 0.3 is 5.96 Å². The van der Waals surface area contributed by atoms with Gasteiger partial charge in [0.2, 0.25) is 66.0 Å². The number of carboxylic acids is 1. The molecule has 40 heteroatoms. The highest BCUT2D eigenvalue weighted by Gasteiger charge is 2.40. The van der Waals surface area contributed by atoms with Crippen molar-refractivity contribution in [1.29, 1.82) is 0 Å². The number of fused-ring (bicyclic) bond motifs is 3. The monoisotopic (exact) mass is 1360 g/mol. The minimum absolute atomic E-state index is 0.00390. The molecule has 0 bridgehead atoms. The standard InChI is InChI=1S/C56H86N18O22/c1-27(79)43-53(91)61-15-4-3-8-31(46(84)65-34(11-7-19-73(96)26-78)49(87)70-44(28(2)80)54(92)71-43)64-47(85)33(10-6-18-72(95)25-77)67-50(88)36(23-75)68-48(86)32(9-5-16-62-56(58)59)66-51(89)37(24-76)69-52(90)38-14-17-60-45-35(63-42(83)13-12-30(57)55(93)94)20-29-21-40(81)41(82)22-39(29)74(38)45/h20-22,25-28,30-34,36-38,43-44,75-76,79-80,95-96H,3-19,23-24,57H2,1-2H3,(H17,58,59,60,61,62,63,64,65,66,67,68,69,70,71,81,82,83,84,85,86,87,88,89,90,91,92,93,94)/p+2/t27?,28?,30-,31-,32-,33-,34-,36-,37-,38-,43-,44-/m0/s1. The van der Waals surface area contributed by atoms with Gasteiger partial charge in [-0.1, -0.05) is 0 Å². The Morgan fingerprint density at radius 1 is 0.708 bits per heavy atom. The van der Waals surface area contributed by atoms with Gasteiger partial charge in [0.05, 0.1) is 44.5 Å². The van der Waals surface area contributed by atoms with E-state index >= 15 is 0 Å². The number of phenols is 2. The molecule has 1 aromatic heterocycles. The number of pyridine rings is 1. The Bertz CT molecular complexity index is 3140. The fraction of sp³-hybridized carbons (Fsp3) is 0.589. The van der Waals surface area contributed by atoms with Crippen molar-refractivity contribution in [2.75, 3.05) is 56.6 Å². The van der Waals surface area contributed by atoms with Crippen LogP contribution in [0.2, 0.25) is 0 Å². The number of hydrogen-bond donors (Lipinski definition) is 23. The largest absolute Gasteiger partial charge is 0.544 e. The van der Waals surface area contributed by atoms with E-state index in [0.29, 0.717) is 0 Å². The van der Waals surface area contributed by atoms with E-state index in [4.69, 9.17) is 11.5 Å². The first-order valence-corrected chi connectivity index (χ1v) is 30.7. The van der Waals surface area contributed by atoms with Crippen LogP contribution in [0.15, 0.2) is 18.2 Å². The number of aliphatic hydroxyl groups is 4. The van der Waals surface area contributed by atoms with Crippen LogP contribution in [0.25, 0.3) is 10.9 Å². The lowest BCUT2D eigenvalue weighted by molar-refractivity contribution is -0.674. The second-order valence-corrected chi connectivity index (χ2v) is 22.8. The average Bonchev–Trinajstić information content (AvgIpc) is 0.750. The Balaban J connectivity index is 1.63. The lowest BCUT2D eigenvalue weighted by Crippen LogP contribution is -2.78. The van der Waals surface area contributed by atoms with Gasteiger partial charge in [-0.2, -0.15) is 0 Å². The Morgan fingerprint density at radius 3 is 1.88 bits per heavy atom. The number of phenolic OH excluding ortho intramolecular Hbond substituents is 2. The number of nitrogens with zero attached hydrogens (tertiary/aromatic N) is 3. The fourth-order valence-electron chi connectivity index (χ4n) is 10.1. The van der Waals surface area contributed by atoms with Crippen molar-refractivity contribution in [2.24, 2.45) is 11.5 Å². The van der Waals surface area contributed by atoms with Crippen LogP contribution in [-0.4, -0.2) is 248 Å². The summed E-state index contributed by atoms with van der Waals surface area (Å²) in [6.07, 6.45) is -5.25. The second-order valence-electron chi connectivity index (χ2n) is 22.8. The molecule has 0 aliphatic carbocycles. The maximum atomic E-state index is 14.4. The molecule has 1 aromatic carbocycles. The number of quaternary nitrogens is 1. The van der Waals surface area contributed by atoms with Crippen LogP contribution in [0.3, 0.4) is 0 Å². The van der Waals surface area contributed by atoms with Crippen molar-refractivity contribution in [2.45, 2.75) is 164 Å². The second kappa shape index (κ2) is 38.5. The number of nitrogens with two attached hydrogens (primary N) is 2. The smallest absolute Gasteiger partial charge is 0.338 e. The number of hydrogen-bond acceptors (Lipinski definition) is 23. The van der Waals surface area contributed by atoms with E-state index in [-0.39, 0.29) is 148 Å². The fourth-order valence-corrected chi connectivity index (χ4v) is 10.1. The molecule has 2 unspecified atom stereocenters. The maximum absolute atomic E-state index is 14.4. The van der Waals surface area contributed by atoms with Gasteiger partial charge in [0.25, 0.3) is 11.7 Å².